The van der Waals surface area contributed by atoms with Crippen LogP contribution in [-0.4, -0.2) is 30.7 Å². The van der Waals surface area contributed by atoms with Gasteiger partial charge in [-0.2, -0.15) is 0 Å². The molecule has 1 saturated heterocycles. The van der Waals surface area contributed by atoms with Gasteiger partial charge in [0, 0.05) is 31.8 Å². The molecule has 5 nitrogen and oxygen atoms in total. The first kappa shape index (κ1) is 15.1. The second-order valence-electron chi connectivity index (χ2n) is 5.02. The van der Waals surface area contributed by atoms with E-state index in [1.54, 1.807) is 6.07 Å². The van der Waals surface area contributed by atoms with Gasteiger partial charge in [0.05, 0.1) is 21.7 Å². The number of ether oxygens (including phenoxy) is 1. The summed E-state index contributed by atoms with van der Waals surface area (Å²) in [6.45, 7) is 6.24. The van der Waals surface area contributed by atoms with Gasteiger partial charge >= 0.3 is 0 Å². The number of hydrogen-bond acceptors (Lipinski definition) is 4. The van der Waals surface area contributed by atoms with Crippen LogP contribution in [0.4, 0.5) is 11.4 Å². The van der Waals surface area contributed by atoms with Gasteiger partial charge in [-0.15, -0.1) is 0 Å². The number of halogens is 1. The monoisotopic (exact) mass is 298 g/mol. The number of benzene rings is 1. The molecule has 1 aliphatic heterocycles. The molecule has 0 N–H and O–H groups in total. The summed E-state index contributed by atoms with van der Waals surface area (Å²) in [4.78, 5) is 12.6. The normalized spacial score (nSPS) is 19.1. The first-order valence-electron chi connectivity index (χ1n) is 6.84. The molecular formula is C14H19ClN2O3. The molecule has 0 aliphatic carbocycles. The lowest BCUT2D eigenvalue weighted by Gasteiger charge is -2.35. The number of non-ortho nitro benzene ring substituents is 1. The van der Waals surface area contributed by atoms with E-state index >= 15 is 0 Å². The maximum atomic E-state index is 10.8. The van der Waals surface area contributed by atoms with E-state index in [0.717, 1.165) is 37.2 Å². The number of aryl methyl sites for hydroxylation is 1. The second kappa shape index (κ2) is 6.41. The van der Waals surface area contributed by atoms with E-state index in [0.29, 0.717) is 11.6 Å². The van der Waals surface area contributed by atoms with Gasteiger partial charge in [0.2, 0.25) is 0 Å². The SMILES string of the molecule is CCOC1CCCN(c2c(C)cc([N+](=O)[O-])cc2Cl)C1. The van der Waals surface area contributed by atoms with Crippen LogP contribution in [0.5, 0.6) is 0 Å². The molecule has 1 heterocycles. The average Bonchev–Trinajstić information content (AvgIpc) is 2.38. The summed E-state index contributed by atoms with van der Waals surface area (Å²) in [5.41, 5.74) is 1.76. The Hall–Kier alpha value is -1.33. The number of rotatable bonds is 4. The molecule has 1 unspecified atom stereocenters. The van der Waals surface area contributed by atoms with Gasteiger partial charge in [0.1, 0.15) is 0 Å². The van der Waals surface area contributed by atoms with Crippen LogP contribution in [0.1, 0.15) is 25.3 Å². The average molecular weight is 299 g/mol. The van der Waals surface area contributed by atoms with Crippen molar-refractivity contribution in [2.24, 2.45) is 0 Å². The minimum atomic E-state index is -0.415. The summed E-state index contributed by atoms with van der Waals surface area (Å²) >= 11 is 6.25. The topological polar surface area (TPSA) is 55.6 Å². The minimum absolute atomic E-state index is 0.0367. The summed E-state index contributed by atoms with van der Waals surface area (Å²) in [7, 11) is 0. The van der Waals surface area contributed by atoms with Crippen molar-refractivity contribution in [1.82, 2.24) is 0 Å². The summed E-state index contributed by atoms with van der Waals surface area (Å²) in [5, 5.41) is 11.3. The third-order valence-electron chi connectivity index (χ3n) is 3.55. The van der Waals surface area contributed by atoms with E-state index in [1.165, 1.54) is 6.07 Å². The second-order valence-corrected chi connectivity index (χ2v) is 5.42. The third-order valence-corrected chi connectivity index (χ3v) is 3.83. The van der Waals surface area contributed by atoms with Gasteiger partial charge in [0.15, 0.2) is 0 Å². The Balaban J connectivity index is 2.26. The predicted molar refractivity (Wildman–Crippen MR) is 79.7 cm³/mol. The Labute approximate surface area is 123 Å². The van der Waals surface area contributed by atoms with E-state index < -0.39 is 4.92 Å². The summed E-state index contributed by atoms with van der Waals surface area (Å²) in [6.07, 6.45) is 2.30. The molecule has 0 bridgehead atoms. The Morgan fingerprint density at radius 2 is 2.30 bits per heavy atom. The summed E-state index contributed by atoms with van der Waals surface area (Å²) in [5.74, 6) is 0. The Morgan fingerprint density at radius 1 is 1.55 bits per heavy atom. The molecule has 1 aromatic rings. The third kappa shape index (κ3) is 3.22. The van der Waals surface area contributed by atoms with Crippen LogP contribution in [0, 0.1) is 17.0 Å². The van der Waals surface area contributed by atoms with Crippen molar-refractivity contribution in [1.29, 1.82) is 0 Å². The van der Waals surface area contributed by atoms with E-state index in [-0.39, 0.29) is 11.8 Å². The number of piperidine rings is 1. The van der Waals surface area contributed by atoms with Crippen molar-refractivity contribution in [3.05, 3.63) is 32.8 Å². The van der Waals surface area contributed by atoms with Gasteiger partial charge in [-0.1, -0.05) is 11.6 Å². The molecule has 1 fully saturated rings. The van der Waals surface area contributed by atoms with Crippen molar-refractivity contribution >= 4 is 23.0 Å². The quantitative estimate of drug-likeness (QED) is 0.630. The van der Waals surface area contributed by atoms with Crippen molar-refractivity contribution in [3.8, 4) is 0 Å². The Kier molecular flexibility index (Phi) is 4.83. The molecule has 1 aromatic carbocycles. The van der Waals surface area contributed by atoms with Gasteiger partial charge in [-0.05, 0) is 32.3 Å². The van der Waals surface area contributed by atoms with Crippen molar-refractivity contribution in [2.45, 2.75) is 32.8 Å². The number of anilines is 1. The zero-order valence-electron chi connectivity index (χ0n) is 11.8. The summed E-state index contributed by atoms with van der Waals surface area (Å²) in [6, 6.07) is 3.00. The fourth-order valence-corrected chi connectivity index (χ4v) is 3.12. The lowest BCUT2D eigenvalue weighted by molar-refractivity contribution is -0.384. The maximum absolute atomic E-state index is 10.8. The first-order valence-corrected chi connectivity index (χ1v) is 7.21. The number of nitrogens with zero attached hydrogens (tertiary/aromatic N) is 2. The van der Waals surface area contributed by atoms with E-state index in [4.69, 9.17) is 16.3 Å². The fraction of sp³-hybridized carbons (Fsp3) is 0.571. The van der Waals surface area contributed by atoms with Crippen LogP contribution in [0.3, 0.4) is 0 Å². The van der Waals surface area contributed by atoms with Crippen LogP contribution in [0.2, 0.25) is 5.02 Å². The molecule has 1 atom stereocenters. The largest absolute Gasteiger partial charge is 0.377 e. The standard InChI is InChI=1S/C14H19ClN2O3/c1-3-20-12-5-4-6-16(9-12)14-10(2)7-11(17(18)19)8-13(14)15/h7-8,12H,3-6,9H2,1-2H3. The molecular weight excluding hydrogens is 280 g/mol. The highest BCUT2D eigenvalue weighted by Crippen LogP contribution is 2.35. The van der Waals surface area contributed by atoms with Crippen molar-refractivity contribution in [2.75, 3.05) is 24.6 Å². The van der Waals surface area contributed by atoms with Gasteiger partial charge < -0.3 is 9.64 Å². The first-order chi connectivity index (χ1) is 9.52. The molecule has 110 valence electrons. The molecule has 0 spiro atoms. The number of nitro groups is 1. The maximum Gasteiger partial charge on any atom is 0.271 e. The molecule has 20 heavy (non-hydrogen) atoms. The van der Waals surface area contributed by atoms with Gasteiger partial charge in [0.25, 0.3) is 5.69 Å². The molecule has 2 rings (SSSR count). The molecule has 1 aliphatic rings. The number of nitro benzene ring substituents is 1. The van der Waals surface area contributed by atoms with Gasteiger partial charge in [-0.3, -0.25) is 10.1 Å². The number of hydrogen-bond donors (Lipinski definition) is 0. The Bertz CT molecular complexity index is 482. The van der Waals surface area contributed by atoms with Crippen molar-refractivity contribution in [3.63, 3.8) is 0 Å². The highest BCUT2D eigenvalue weighted by atomic mass is 35.5. The van der Waals surface area contributed by atoms with Crippen LogP contribution in [-0.2, 0) is 4.74 Å². The van der Waals surface area contributed by atoms with E-state index in [9.17, 15) is 10.1 Å². The molecule has 0 amide bonds. The smallest absolute Gasteiger partial charge is 0.271 e. The van der Waals surface area contributed by atoms with Gasteiger partial charge in [-0.25, -0.2) is 0 Å². The Morgan fingerprint density at radius 3 is 2.90 bits per heavy atom. The van der Waals surface area contributed by atoms with Crippen molar-refractivity contribution < 1.29 is 9.66 Å². The zero-order chi connectivity index (χ0) is 14.7. The highest BCUT2D eigenvalue weighted by Gasteiger charge is 2.24. The lowest BCUT2D eigenvalue weighted by Crippen LogP contribution is -2.40. The van der Waals surface area contributed by atoms with Crippen LogP contribution in [0.15, 0.2) is 12.1 Å². The predicted octanol–water partition coefficient (Wildman–Crippen LogP) is 3.56. The molecule has 0 aromatic heterocycles. The fourth-order valence-electron chi connectivity index (χ4n) is 2.74. The van der Waals surface area contributed by atoms with E-state index in [2.05, 4.69) is 4.90 Å². The molecule has 6 heteroatoms. The molecule has 0 radical (unpaired) electrons. The molecule has 0 saturated carbocycles. The summed E-state index contributed by atoms with van der Waals surface area (Å²) < 4.78 is 5.68. The van der Waals surface area contributed by atoms with E-state index in [1.807, 2.05) is 13.8 Å². The lowest BCUT2D eigenvalue weighted by atomic mass is 10.0. The minimum Gasteiger partial charge on any atom is -0.377 e. The zero-order valence-corrected chi connectivity index (χ0v) is 12.5. The van der Waals surface area contributed by atoms with Crippen LogP contribution in [0.25, 0.3) is 0 Å². The van der Waals surface area contributed by atoms with Crippen LogP contribution >= 0.6 is 11.6 Å². The highest BCUT2D eigenvalue weighted by molar-refractivity contribution is 6.33. The van der Waals surface area contributed by atoms with Crippen LogP contribution < -0.4 is 4.90 Å².